The zero-order valence-electron chi connectivity index (χ0n) is 19.6. The number of sulfonamides is 1. The molecule has 0 unspecified atom stereocenters. The van der Waals surface area contributed by atoms with Crippen molar-refractivity contribution in [2.45, 2.75) is 69.2 Å². The number of aromatic nitrogens is 5. The average Bonchev–Trinajstić information content (AvgIpc) is 3.48. The lowest BCUT2D eigenvalue weighted by atomic mass is 10.1. The fourth-order valence-electron chi connectivity index (χ4n) is 3.16. The first-order chi connectivity index (χ1) is 16.0. The van der Waals surface area contributed by atoms with E-state index in [1.807, 2.05) is 6.20 Å². The molecule has 0 atom stereocenters. The van der Waals surface area contributed by atoms with Gasteiger partial charge in [0.05, 0.1) is 17.9 Å². The van der Waals surface area contributed by atoms with Gasteiger partial charge in [0.25, 0.3) is 0 Å². The summed E-state index contributed by atoms with van der Waals surface area (Å²) >= 11 is 1.18. The number of imidazole rings is 1. The highest BCUT2D eigenvalue weighted by atomic mass is 32.2. The molecule has 0 aliphatic carbocycles. The molecule has 3 N–H and O–H groups in total. The molecule has 0 spiro atoms. The second-order valence-corrected chi connectivity index (χ2v) is 11.7. The van der Waals surface area contributed by atoms with Gasteiger partial charge < -0.3 is 10.5 Å². The van der Waals surface area contributed by atoms with Gasteiger partial charge in [-0.05, 0) is 57.9 Å². The largest absolute Gasteiger partial charge is 0.443 e. The molecular weight excluding hydrogens is 478 g/mol. The van der Waals surface area contributed by atoms with E-state index in [-0.39, 0.29) is 12.5 Å². The molecule has 3 rings (SSSR count). The van der Waals surface area contributed by atoms with Gasteiger partial charge in [0.1, 0.15) is 9.81 Å². The minimum atomic E-state index is -3.47. The summed E-state index contributed by atoms with van der Waals surface area (Å²) in [7, 11) is -3.47. The van der Waals surface area contributed by atoms with Gasteiger partial charge in [-0.25, -0.2) is 27.5 Å². The van der Waals surface area contributed by atoms with E-state index < -0.39 is 21.7 Å². The number of nitrogen functional groups attached to an aromatic ring is 1. The van der Waals surface area contributed by atoms with Crippen molar-refractivity contribution in [2.75, 3.05) is 12.3 Å². The number of hydrogen-bond acceptors (Lipinski definition) is 9. The third-order valence-corrected chi connectivity index (χ3v) is 7.58. The molecule has 186 valence electrons. The average molecular weight is 510 g/mol. The van der Waals surface area contributed by atoms with Gasteiger partial charge in [-0.15, -0.1) is 16.4 Å². The summed E-state index contributed by atoms with van der Waals surface area (Å²) in [5, 5.41) is 9.94. The normalized spacial score (nSPS) is 12.2. The summed E-state index contributed by atoms with van der Waals surface area (Å²) in [5.41, 5.74) is 6.86. The fourth-order valence-corrected chi connectivity index (χ4v) is 5.21. The molecule has 3 heterocycles. The van der Waals surface area contributed by atoms with Crippen LogP contribution in [0.5, 0.6) is 0 Å². The van der Waals surface area contributed by atoms with E-state index in [9.17, 15) is 13.2 Å². The second-order valence-electron chi connectivity index (χ2n) is 8.80. The van der Waals surface area contributed by atoms with Crippen LogP contribution in [-0.4, -0.2) is 51.2 Å². The maximum Gasteiger partial charge on any atom is 0.421 e. The van der Waals surface area contributed by atoms with Crippen LogP contribution in [-0.2, 0) is 34.1 Å². The van der Waals surface area contributed by atoms with Gasteiger partial charge >= 0.3 is 6.09 Å². The molecule has 0 aliphatic heterocycles. The van der Waals surface area contributed by atoms with Crippen molar-refractivity contribution in [1.82, 2.24) is 29.3 Å². The number of anilines is 1. The number of thiophene rings is 1. The Labute approximate surface area is 203 Å². The number of aryl methyl sites for hydroxylation is 2. The predicted molar refractivity (Wildman–Crippen MR) is 129 cm³/mol. The molecule has 0 saturated heterocycles. The standard InChI is InChI=1S/C21H31N7O4S2/c1-21(2,3)32-20(29)28-15-16(24-19(28)22)8-5-4-6-9-17-14-27(26-25-17)12-11-23-34(30,31)18-10-7-13-33-18/h7,10,13-15,23H,4-6,8-9,11-12H2,1-3H3,(H2,22,24). The molecule has 13 heteroatoms. The minimum absolute atomic E-state index is 0.124. The summed E-state index contributed by atoms with van der Waals surface area (Å²) in [6, 6.07) is 3.27. The zero-order valence-corrected chi connectivity index (χ0v) is 21.2. The van der Waals surface area contributed by atoms with E-state index in [2.05, 4.69) is 20.0 Å². The molecule has 0 bridgehead atoms. The monoisotopic (exact) mass is 509 g/mol. The van der Waals surface area contributed by atoms with Crippen LogP contribution >= 0.6 is 11.3 Å². The lowest BCUT2D eigenvalue weighted by Gasteiger charge is -2.19. The predicted octanol–water partition coefficient (Wildman–Crippen LogP) is 2.84. The van der Waals surface area contributed by atoms with Gasteiger partial charge in [-0.2, -0.15) is 0 Å². The number of carbonyl (C=O) groups is 1. The highest BCUT2D eigenvalue weighted by Crippen LogP contribution is 2.16. The SMILES string of the molecule is CC(C)(C)OC(=O)n1cc(CCCCCc2cn(CCNS(=O)(=O)c3cccs3)nn2)nc1N. The number of nitrogens with two attached hydrogens (primary N) is 1. The van der Waals surface area contributed by atoms with Gasteiger partial charge in [0.2, 0.25) is 16.0 Å². The van der Waals surface area contributed by atoms with Crippen molar-refractivity contribution < 1.29 is 17.9 Å². The van der Waals surface area contributed by atoms with E-state index in [1.165, 1.54) is 15.9 Å². The summed E-state index contributed by atoms with van der Waals surface area (Å²) in [4.78, 5) is 16.4. The lowest BCUT2D eigenvalue weighted by Crippen LogP contribution is -2.27. The summed E-state index contributed by atoms with van der Waals surface area (Å²) < 4.78 is 35.3. The van der Waals surface area contributed by atoms with Crippen LogP contribution in [0, 0.1) is 0 Å². The van der Waals surface area contributed by atoms with Crippen LogP contribution in [0.25, 0.3) is 0 Å². The molecular formula is C21H31N7O4S2. The van der Waals surface area contributed by atoms with Crippen molar-refractivity contribution in [3.8, 4) is 0 Å². The minimum Gasteiger partial charge on any atom is -0.443 e. The van der Waals surface area contributed by atoms with Crippen LogP contribution in [0.2, 0.25) is 0 Å². The molecule has 0 aliphatic rings. The lowest BCUT2D eigenvalue weighted by molar-refractivity contribution is 0.0540. The summed E-state index contributed by atoms with van der Waals surface area (Å²) in [5.74, 6) is 0.124. The highest BCUT2D eigenvalue weighted by molar-refractivity contribution is 7.91. The molecule has 0 radical (unpaired) electrons. The Hall–Kier alpha value is -2.77. The van der Waals surface area contributed by atoms with Crippen molar-refractivity contribution in [1.29, 1.82) is 0 Å². The fraction of sp³-hybridized carbons (Fsp3) is 0.524. The number of unbranched alkanes of at least 4 members (excludes halogenated alkanes) is 2. The highest BCUT2D eigenvalue weighted by Gasteiger charge is 2.20. The Balaban J connectivity index is 1.35. The van der Waals surface area contributed by atoms with Crippen molar-refractivity contribution >= 4 is 33.4 Å². The smallest absolute Gasteiger partial charge is 0.421 e. The van der Waals surface area contributed by atoms with Crippen LogP contribution in [0.1, 0.15) is 51.4 Å². The van der Waals surface area contributed by atoms with Gasteiger partial charge in [0.15, 0.2) is 0 Å². The maximum absolute atomic E-state index is 12.2. The van der Waals surface area contributed by atoms with Gasteiger partial charge in [0, 0.05) is 18.9 Å². The van der Waals surface area contributed by atoms with Crippen LogP contribution in [0.15, 0.2) is 34.1 Å². The molecule has 11 nitrogen and oxygen atoms in total. The quantitative estimate of drug-likeness (QED) is 0.375. The van der Waals surface area contributed by atoms with Crippen LogP contribution in [0.3, 0.4) is 0 Å². The Kier molecular flexibility index (Phi) is 8.44. The van der Waals surface area contributed by atoms with Crippen molar-refractivity contribution in [3.63, 3.8) is 0 Å². The molecule has 34 heavy (non-hydrogen) atoms. The van der Waals surface area contributed by atoms with Crippen molar-refractivity contribution in [2.24, 2.45) is 0 Å². The Morgan fingerprint density at radius 1 is 1.18 bits per heavy atom. The Morgan fingerprint density at radius 3 is 2.59 bits per heavy atom. The summed E-state index contributed by atoms with van der Waals surface area (Å²) in [6.07, 6.45) is 7.17. The first-order valence-electron chi connectivity index (χ1n) is 11.0. The number of rotatable bonds is 11. The first kappa shape index (κ1) is 25.8. The van der Waals surface area contributed by atoms with E-state index in [1.54, 1.807) is 49.2 Å². The van der Waals surface area contributed by atoms with E-state index in [0.29, 0.717) is 17.2 Å². The number of ether oxygens (including phenoxy) is 1. The molecule has 0 saturated carbocycles. The van der Waals surface area contributed by atoms with Crippen molar-refractivity contribution in [3.05, 3.63) is 41.3 Å². The number of nitrogens with zero attached hydrogens (tertiary/aromatic N) is 5. The molecule has 3 aromatic heterocycles. The van der Waals surface area contributed by atoms with E-state index >= 15 is 0 Å². The Bertz CT molecular complexity index is 1180. The topological polar surface area (TPSA) is 147 Å². The van der Waals surface area contributed by atoms with E-state index in [0.717, 1.165) is 37.1 Å². The van der Waals surface area contributed by atoms with Crippen LogP contribution < -0.4 is 10.5 Å². The van der Waals surface area contributed by atoms with Gasteiger partial charge in [-0.3, -0.25) is 4.68 Å². The number of nitrogens with one attached hydrogen (secondary N) is 1. The third-order valence-electron chi connectivity index (χ3n) is 4.72. The molecule has 0 fully saturated rings. The third kappa shape index (κ3) is 7.64. The molecule has 0 aromatic carbocycles. The molecule has 0 amide bonds. The second kappa shape index (κ2) is 11.1. The van der Waals surface area contributed by atoms with Crippen LogP contribution in [0.4, 0.5) is 10.7 Å². The Morgan fingerprint density at radius 2 is 1.91 bits per heavy atom. The zero-order chi connectivity index (χ0) is 24.8. The molecule has 3 aromatic rings. The number of hydrogen-bond donors (Lipinski definition) is 2. The first-order valence-corrected chi connectivity index (χ1v) is 13.4. The van der Waals surface area contributed by atoms with Gasteiger partial charge in [-0.1, -0.05) is 17.7 Å². The summed E-state index contributed by atoms with van der Waals surface area (Å²) in [6.45, 7) is 6.03. The number of carbonyl (C=O) groups excluding carboxylic acids is 1. The maximum atomic E-state index is 12.2. The van der Waals surface area contributed by atoms with E-state index in [4.69, 9.17) is 10.5 Å².